The summed E-state index contributed by atoms with van der Waals surface area (Å²) in [5.74, 6) is 0.0275. The number of aromatic nitrogens is 2. The van der Waals surface area contributed by atoms with Crippen LogP contribution in [0.3, 0.4) is 0 Å². The van der Waals surface area contributed by atoms with E-state index in [4.69, 9.17) is 10.00 Å². The van der Waals surface area contributed by atoms with Crippen molar-refractivity contribution in [3.63, 3.8) is 0 Å². The Hall–Kier alpha value is -3.61. The fraction of sp³-hybridized carbons (Fsp3) is 0.400. The number of carbonyl (C=O) groups excluding carboxylic acids is 2. The third-order valence-corrected chi connectivity index (χ3v) is 7.09. The first-order valence-corrected chi connectivity index (χ1v) is 14.5. The number of rotatable bonds is 15. The van der Waals surface area contributed by atoms with Crippen LogP contribution in [0, 0.1) is 11.3 Å². The number of imidazole rings is 1. The van der Waals surface area contributed by atoms with Gasteiger partial charge in [0.05, 0.1) is 30.8 Å². The number of nitrogens with zero attached hydrogens (tertiary/aromatic N) is 4. The lowest BCUT2D eigenvalue weighted by Gasteiger charge is -2.23. The van der Waals surface area contributed by atoms with Gasteiger partial charge < -0.3 is 14.6 Å². The Morgan fingerprint density at radius 1 is 1.18 bits per heavy atom. The van der Waals surface area contributed by atoms with Crippen LogP contribution < -0.4 is 5.32 Å². The number of nitrogens with one attached hydrogen (secondary N) is 1. The maximum absolute atomic E-state index is 13.0. The van der Waals surface area contributed by atoms with E-state index in [1.165, 1.54) is 7.11 Å². The molecule has 39 heavy (non-hydrogen) atoms. The molecule has 0 unspecified atom stereocenters. The van der Waals surface area contributed by atoms with E-state index < -0.39 is 12.0 Å². The molecule has 0 bridgehead atoms. The van der Waals surface area contributed by atoms with Gasteiger partial charge in [0.25, 0.3) is 5.91 Å². The number of carbonyl (C=O) groups is 2. The largest absolute Gasteiger partial charge is 0.467 e. The Bertz CT molecular complexity index is 1250. The van der Waals surface area contributed by atoms with Crippen molar-refractivity contribution in [3.05, 3.63) is 89.0 Å². The van der Waals surface area contributed by atoms with Crippen molar-refractivity contribution in [1.29, 1.82) is 5.26 Å². The zero-order valence-electron chi connectivity index (χ0n) is 22.9. The molecule has 1 amide bonds. The number of ether oxygens (including phenoxy) is 1. The van der Waals surface area contributed by atoms with Crippen molar-refractivity contribution in [1.82, 2.24) is 19.8 Å². The lowest BCUT2D eigenvalue weighted by atomic mass is 10.1. The van der Waals surface area contributed by atoms with E-state index in [0.717, 1.165) is 42.0 Å². The van der Waals surface area contributed by atoms with Crippen molar-refractivity contribution in [2.24, 2.45) is 0 Å². The van der Waals surface area contributed by atoms with E-state index in [0.29, 0.717) is 37.2 Å². The Kier molecular flexibility index (Phi) is 12.1. The number of unbranched alkanes of at least 4 members (excludes halogenated alkanes) is 1. The van der Waals surface area contributed by atoms with Gasteiger partial charge in [0.15, 0.2) is 0 Å². The summed E-state index contributed by atoms with van der Waals surface area (Å²) in [7, 11) is 1.34. The predicted octanol–water partition coefficient (Wildman–Crippen LogP) is 4.63. The first-order valence-electron chi connectivity index (χ1n) is 13.1. The normalized spacial score (nSPS) is 11.7. The van der Waals surface area contributed by atoms with Gasteiger partial charge in [0.2, 0.25) is 0 Å². The average Bonchev–Trinajstić information content (AvgIpc) is 3.39. The van der Waals surface area contributed by atoms with Gasteiger partial charge in [-0.05, 0) is 66.8 Å². The molecule has 1 N–H and O–H groups in total. The number of esters is 1. The Labute approximate surface area is 235 Å². The van der Waals surface area contributed by atoms with Gasteiger partial charge in [-0.15, -0.1) is 0 Å². The van der Waals surface area contributed by atoms with Gasteiger partial charge >= 0.3 is 5.97 Å². The number of benzene rings is 2. The summed E-state index contributed by atoms with van der Waals surface area (Å²) in [4.78, 5) is 31.9. The fourth-order valence-corrected chi connectivity index (χ4v) is 4.74. The molecule has 0 aliphatic heterocycles. The molecule has 0 radical (unpaired) electrons. The van der Waals surface area contributed by atoms with Gasteiger partial charge in [0.1, 0.15) is 6.04 Å². The fourth-order valence-electron chi connectivity index (χ4n) is 4.27. The molecule has 0 aliphatic rings. The molecule has 1 atom stereocenters. The quantitative estimate of drug-likeness (QED) is 0.277. The highest BCUT2D eigenvalue weighted by Crippen LogP contribution is 2.15. The van der Waals surface area contributed by atoms with Crippen LogP contribution in [0.4, 0.5) is 0 Å². The first kappa shape index (κ1) is 29.9. The third kappa shape index (κ3) is 9.27. The molecule has 8 nitrogen and oxygen atoms in total. The van der Waals surface area contributed by atoms with Crippen LogP contribution in [0.5, 0.6) is 0 Å². The van der Waals surface area contributed by atoms with E-state index >= 15 is 0 Å². The number of methoxy groups -OCH3 is 1. The van der Waals surface area contributed by atoms with Gasteiger partial charge in [-0.3, -0.25) is 9.69 Å². The van der Waals surface area contributed by atoms with Crippen LogP contribution in [0.15, 0.2) is 61.1 Å². The molecule has 3 aromatic rings. The van der Waals surface area contributed by atoms with Crippen LogP contribution in [0.25, 0.3) is 0 Å². The molecule has 2 aromatic carbocycles. The summed E-state index contributed by atoms with van der Waals surface area (Å²) in [5.41, 5.74) is 4.39. The highest BCUT2D eigenvalue weighted by Gasteiger charge is 2.22. The number of amides is 1. The minimum Gasteiger partial charge on any atom is -0.467 e. The molecule has 9 heteroatoms. The zero-order chi connectivity index (χ0) is 28.0. The Morgan fingerprint density at radius 2 is 1.97 bits per heavy atom. The van der Waals surface area contributed by atoms with E-state index in [-0.39, 0.29) is 5.91 Å². The molecule has 0 saturated heterocycles. The van der Waals surface area contributed by atoms with Gasteiger partial charge in [-0.2, -0.15) is 17.0 Å². The van der Waals surface area contributed by atoms with Crippen LogP contribution >= 0.6 is 11.8 Å². The maximum atomic E-state index is 13.0. The highest BCUT2D eigenvalue weighted by molar-refractivity contribution is 7.98. The minimum absolute atomic E-state index is 0.283. The van der Waals surface area contributed by atoms with Gasteiger partial charge in [0, 0.05) is 31.4 Å². The lowest BCUT2D eigenvalue weighted by Crippen LogP contribution is -2.42. The number of thioether (sulfide) groups is 1. The van der Waals surface area contributed by atoms with Crippen molar-refractivity contribution in [2.45, 2.75) is 51.9 Å². The molecule has 0 fully saturated rings. The summed E-state index contributed by atoms with van der Waals surface area (Å²) in [6.45, 7) is 5.15. The van der Waals surface area contributed by atoms with Crippen LogP contribution in [0.1, 0.15) is 58.9 Å². The van der Waals surface area contributed by atoms with E-state index in [2.05, 4.69) is 32.8 Å². The van der Waals surface area contributed by atoms with Crippen molar-refractivity contribution in [3.8, 4) is 6.07 Å². The number of hydrogen-bond acceptors (Lipinski definition) is 7. The van der Waals surface area contributed by atoms with Crippen molar-refractivity contribution < 1.29 is 14.3 Å². The SMILES string of the molecule is CCCCN(Cc1cccc(C(=O)N[C@@H](CCSC)C(=O)OC)c1)Cc1cncn1Cc1ccc(C#N)cc1. The van der Waals surface area contributed by atoms with Crippen LogP contribution in [0.2, 0.25) is 0 Å². The second-order valence-corrected chi connectivity index (χ2v) is 10.4. The smallest absolute Gasteiger partial charge is 0.328 e. The summed E-state index contributed by atoms with van der Waals surface area (Å²) in [6.07, 6.45) is 8.35. The van der Waals surface area contributed by atoms with Gasteiger partial charge in [-0.25, -0.2) is 9.78 Å². The molecule has 1 aromatic heterocycles. The molecular weight excluding hydrogens is 510 g/mol. The third-order valence-electron chi connectivity index (χ3n) is 6.45. The first-order chi connectivity index (χ1) is 19.0. The van der Waals surface area contributed by atoms with E-state index in [1.807, 2.05) is 61.2 Å². The highest BCUT2D eigenvalue weighted by atomic mass is 32.2. The summed E-state index contributed by atoms with van der Waals surface area (Å²) in [6, 6.07) is 16.7. The summed E-state index contributed by atoms with van der Waals surface area (Å²) >= 11 is 1.62. The molecule has 3 rings (SSSR count). The Morgan fingerprint density at radius 3 is 2.67 bits per heavy atom. The molecule has 0 spiro atoms. The van der Waals surface area contributed by atoms with E-state index in [1.54, 1.807) is 17.8 Å². The number of hydrogen-bond donors (Lipinski definition) is 1. The maximum Gasteiger partial charge on any atom is 0.328 e. The van der Waals surface area contributed by atoms with Crippen LogP contribution in [-0.2, 0) is 29.2 Å². The molecule has 206 valence electrons. The summed E-state index contributed by atoms with van der Waals surface area (Å²) in [5, 5.41) is 11.9. The van der Waals surface area contributed by atoms with E-state index in [9.17, 15) is 9.59 Å². The topological polar surface area (TPSA) is 100 Å². The van der Waals surface area contributed by atoms with Crippen LogP contribution in [-0.4, -0.2) is 58.0 Å². The van der Waals surface area contributed by atoms with Gasteiger partial charge in [-0.1, -0.05) is 37.6 Å². The molecule has 0 aliphatic carbocycles. The average molecular weight is 548 g/mol. The molecule has 0 saturated carbocycles. The zero-order valence-corrected chi connectivity index (χ0v) is 23.7. The standard InChI is InChI=1S/C30H37N5O3S/c1-4-5-14-34(21-27-18-32-22-35(27)20-24-11-9-23(17-31)10-12-24)19-25-7-6-8-26(16-25)29(36)33-28(13-15-39-3)30(37)38-2/h6-12,16,18,22,28H,4-5,13-15,19-21H2,1-3H3,(H,33,36)/t28-/m0/s1. The Balaban J connectivity index is 1.71. The second kappa shape index (κ2) is 15.7. The minimum atomic E-state index is -0.670. The molecular formula is C30H37N5O3S. The van der Waals surface area contributed by atoms with Crippen molar-refractivity contribution >= 4 is 23.6 Å². The second-order valence-electron chi connectivity index (χ2n) is 9.42. The number of nitriles is 1. The monoisotopic (exact) mass is 547 g/mol. The van der Waals surface area contributed by atoms with Crippen molar-refractivity contribution in [2.75, 3.05) is 25.7 Å². The molecule has 1 heterocycles. The summed E-state index contributed by atoms with van der Waals surface area (Å²) < 4.78 is 7.01. The predicted molar refractivity (Wildman–Crippen MR) is 154 cm³/mol. The lowest BCUT2D eigenvalue weighted by molar-refractivity contribution is -0.142.